The minimum atomic E-state index is -4.92. The Hall–Kier alpha value is -2.19. The summed E-state index contributed by atoms with van der Waals surface area (Å²) in [5.74, 6) is -0.0625. The molecule has 2 rings (SSSR count). The van der Waals surface area contributed by atoms with E-state index in [0.717, 1.165) is 0 Å². The summed E-state index contributed by atoms with van der Waals surface area (Å²) in [6.45, 7) is 4.50. The number of hydrogen-bond acceptors (Lipinski definition) is 3. The Morgan fingerprint density at radius 2 is 1.66 bits per heavy atom. The van der Waals surface area contributed by atoms with Gasteiger partial charge < -0.3 is 10.1 Å². The summed E-state index contributed by atoms with van der Waals surface area (Å²) in [5.41, 5.74) is -2.53. The van der Waals surface area contributed by atoms with Gasteiger partial charge in [0.15, 0.2) is 5.78 Å². The molecule has 0 fully saturated rings. The first-order chi connectivity index (χ1) is 12.7. The molecule has 0 bridgehead atoms. The predicted octanol–water partition coefficient (Wildman–Crippen LogP) is 5.93. The number of aromatic nitrogens is 1. The molecule has 0 saturated carbocycles. The van der Waals surface area contributed by atoms with Crippen LogP contribution in [0.4, 0.5) is 26.3 Å². The quantitative estimate of drug-likeness (QED) is 0.203. The number of nitrogens with zero attached hydrogens (tertiary/aromatic N) is 1. The number of carbonyl (C=O) groups excluding carboxylic acids is 1. The molecule has 29 heavy (non-hydrogen) atoms. The summed E-state index contributed by atoms with van der Waals surface area (Å²) in [6.07, 6.45) is -7.32. The average Bonchev–Trinajstić information content (AvgIpc) is 2.52. The van der Waals surface area contributed by atoms with Crippen LogP contribution < -0.4 is 0 Å². The number of ketones is 1. The molecule has 1 aromatic heterocycles. The van der Waals surface area contributed by atoms with E-state index in [1.54, 1.807) is 13.0 Å². The van der Waals surface area contributed by atoms with Crippen LogP contribution in [0.25, 0.3) is 11.3 Å². The molecular weight excluding hydrogens is 580 g/mol. The molecule has 0 spiro atoms. The largest absolute Gasteiger partial charge is 0.512 e. The third-order valence-electron chi connectivity index (χ3n) is 3.11. The van der Waals surface area contributed by atoms with E-state index < -0.39 is 23.5 Å². The Labute approximate surface area is 176 Å². The van der Waals surface area contributed by atoms with Crippen LogP contribution in [0.5, 0.6) is 0 Å². The molecule has 0 aliphatic carbocycles. The van der Waals surface area contributed by atoms with Gasteiger partial charge in [0.2, 0.25) is 0 Å². The van der Waals surface area contributed by atoms with Gasteiger partial charge in [-0.1, -0.05) is 11.6 Å². The topological polar surface area (TPSA) is 50.2 Å². The smallest absolute Gasteiger partial charge is 0.399 e. The fourth-order valence-electron chi connectivity index (χ4n) is 2.00. The number of allylic oxidation sites excluding steroid dienone is 2. The van der Waals surface area contributed by atoms with Crippen LogP contribution in [-0.2, 0) is 37.3 Å². The van der Waals surface area contributed by atoms with Crippen molar-refractivity contribution in [3.63, 3.8) is 0 Å². The van der Waals surface area contributed by atoms with Crippen LogP contribution in [0.3, 0.4) is 0 Å². The second-order valence-corrected chi connectivity index (χ2v) is 5.81. The summed E-state index contributed by atoms with van der Waals surface area (Å²) in [4.78, 5) is 13.8. The molecule has 0 amide bonds. The number of aryl methyl sites for hydroxylation is 1. The number of aliphatic hydroxyl groups is 1. The molecular formula is C19H16F6IrNO2-. The third kappa shape index (κ3) is 9.23. The molecule has 3 nitrogen and oxygen atoms in total. The van der Waals surface area contributed by atoms with Crippen LogP contribution in [0.1, 0.15) is 30.5 Å². The second kappa shape index (κ2) is 10.5. The maximum atomic E-state index is 12.7. The van der Waals surface area contributed by atoms with Gasteiger partial charge in [-0.2, -0.15) is 26.3 Å². The van der Waals surface area contributed by atoms with Crippen LogP contribution in [0, 0.1) is 13.0 Å². The number of carbonyl (C=O) groups is 1. The molecule has 1 heterocycles. The summed E-state index contributed by atoms with van der Waals surface area (Å²) in [7, 11) is 0. The van der Waals surface area contributed by atoms with Gasteiger partial charge in [-0.25, -0.2) is 0 Å². The van der Waals surface area contributed by atoms with Crippen molar-refractivity contribution in [3.05, 3.63) is 65.1 Å². The van der Waals surface area contributed by atoms with Crippen LogP contribution in [-0.4, -0.2) is 15.9 Å². The Morgan fingerprint density at radius 3 is 2.03 bits per heavy atom. The number of alkyl halides is 6. The third-order valence-corrected chi connectivity index (χ3v) is 3.11. The minimum absolute atomic E-state index is 0. The van der Waals surface area contributed by atoms with E-state index in [-0.39, 0.29) is 49.0 Å². The van der Waals surface area contributed by atoms with E-state index in [4.69, 9.17) is 5.11 Å². The molecule has 1 N–H and O–H groups in total. The zero-order valence-corrected chi connectivity index (χ0v) is 17.8. The van der Waals surface area contributed by atoms with Gasteiger partial charge >= 0.3 is 12.4 Å². The number of hydrogen-bond donors (Lipinski definition) is 1. The molecule has 0 aliphatic heterocycles. The van der Waals surface area contributed by atoms with E-state index in [1.807, 2.05) is 6.07 Å². The van der Waals surface area contributed by atoms with Crippen molar-refractivity contribution >= 4 is 5.78 Å². The Bertz CT molecular complexity index is 839. The Morgan fingerprint density at radius 1 is 1.07 bits per heavy atom. The fourth-order valence-corrected chi connectivity index (χ4v) is 2.00. The molecule has 0 unspecified atom stereocenters. The second-order valence-electron chi connectivity index (χ2n) is 5.81. The number of pyridine rings is 1. The standard InChI is InChI=1S/C14H8F6N.C5H8O2.Ir/c1-8-2-3-21-12(4-8)9-5-10(13(15,16)17)7-11(6-9)14(18,19)20;1-4(6)3-5(2)7;/h2-5,7H,1H3;3,6H,1-2H3;/q-1;;. The zero-order valence-electron chi connectivity index (χ0n) is 15.4. The van der Waals surface area contributed by atoms with Crippen molar-refractivity contribution in [2.75, 3.05) is 0 Å². The minimum Gasteiger partial charge on any atom is -0.512 e. The summed E-state index contributed by atoms with van der Waals surface area (Å²) in [5, 5.41) is 8.36. The Kier molecular flexibility index (Phi) is 9.75. The van der Waals surface area contributed by atoms with Crippen LogP contribution in [0.15, 0.2) is 42.3 Å². The first-order valence-corrected chi connectivity index (χ1v) is 7.72. The molecule has 1 radical (unpaired) electrons. The van der Waals surface area contributed by atoms with Gasteiger partial charge in [-0.3, -0.25) is 4.79 Å². The van der Waals surface area contributed by atoms with Crippen molar-refractivity contribution in [2.24, 2.45) is 0 Å². The van der Waals surface area contributed by atoms with Crippen molar-refractivity contribution in [1.82, 2.24) is 4.98 Å². The van der Waals surface area contributed by atoms with Gasteiger partial charge in [0.05, 0.1) is 5.76 Å². The molecule has 10 heteroatoms. The normalized spacial score (nSPS) is 11.8. The predicted molar refractivity (Wildman–Crippen MR) is 90.3 cm³/mol. The van der Waals surface area contributed by atoms with Crippen molar-refractivity contribution < 1.29 is 56.3 Å². The van der Waals surface area contributed by atoms with E-state index >= 15 is 0 Å². The first kappa shape index (κ1) is 26.8. The average molecular weight is 597 g/mol. The number of rotatable bonds is 2. The molecule has 2 aromatic rings. The zero-order chi connectivity index (χ0) is 21.7. The van der Waals surface area contributed by atoms with E-state index in [2.05, 4.69) is 4.98 Å². The molecule has 1 aromatic carbocycles. The monoisotopic (exact) mass is 597 g/mol. The van der Waals surface area contributed by atoms with Gasteiger partial charge in [0, 0.05) is 32.4 Å². The molecule has 0 aliphatic rings. The van der Waals surface area contributed by atoms with Crippen molar-refractivity contribution in [2.45, 2.75) is 33.1 Å². The number of halogens is 6. The number of benzene rings is 1. The maximum absolute atomic E-state index is 12.7. The van der Waals surface area contributed by atoms with Crippen LogP contribution >= 0.6 is 0 Å². The van der Waals surface area contributed by atoms with Crippen molar-refractivity contribution in [3.8, 4) is 11.3 Å². The summed E-state index contributed by atoms with van der Waals surface area (Å²) in [6, 6.07) is 5.58. The van der Waals surface area contributed by atoms with Gasteiger partial charge in [-0.05, 0) is 43.7 Å². The van der Waals surface area contributed by atoms with Gasteiger partial charge in [0.25, 0.3) is 0 Å². The molecule has 0 saturated heterocycles. The van der Waals surface area contributed by atoms with E-state index in [1.165, 1.54) is 32.2 Å². The van der Waals surface area contributed by atoms with Gasteiger partial charge in [-0.15, -0.1) is 23.8 Å². The first-order valence-electron chi connectivity index (χ1n) is 7.72. The van der Waals surface area contributed by atoms with E-state index in [0.29, 0.717) is 11.6 Å². The fraction of sp³-hybridized carbons (Fsp3) is 0.263. The van der Waals surface area contributed by atoms with E-state index in [9.17, 15) is 31.1 Å². The summed E-state index contributed by atoms with van der Waals surface area (Å²) < 4.78 is 76.3. The SMILES string of the molecule is CC(=O)C=C(C)O.Cc1ccnc(-c2[c-]c(C(F)(F)F)cc(C(F)(F)F)c2)c1.[Ir]. The Balaban J connectivity index is 0.000000846. The van der Waals surface area contributed by atoms with Crippen molar-refractivity contribution in [1.29, 1.82) is 0 Å². The van der Waals surface area contributed by atoms with Crippen LogP contribution in [0.2, 0.25) is 0 Å². The molecule has 0 atom stereocenters. The molecule has 161 valence electrons. The maximum Gasteiger partial charge on any atom is 0.399 e. The summed E-state index contributed by atoms with van der Waals surface area (Å²) >= 11 is 0. The van der Waals surface area contributed by atoms with Gasteiger partial charge in [0.1, 0.15) is 0 Å². The number of aliphatic hydroxyl groups excluding tert-OH is 1.